The van der Waals surface area contributed by atoms with E-state index in [1.165, 1.54) is 0 Å². The number of nitrogens with two attached hydrogens (primary N) is 2. The second-order valence-corrected chi connectivity index (χ2v) is 4.22. The van der Waals surface area contributed by atoms with Crippen LogP contribution in [0, 0.1) is 0 Å². The van der Waals surface area contributed by atoms with Crippen LogP contribution in [0.1, 0.15) is 12.8 Å². The zero-order chi connectivity index (χ0) is 12.4. The average molecular weight is 235 g/mol. The van der Waals surface area contributed by atoms with Gasteiger partial charge in [-0.2, -0.15) is 0 Å². The van der Waals surface area contributed by atoms with Crippen molar-refractivity contribution < 1.29 is 9.53 Å². The second-order valence-electron chi connectivity index (χ2n) is 4.22. The maximum absolute atomic E-state index is 11.3. The first-order valence-corrected chi connectivity index (χ1v) is 5.62. The Morgan fingerprint density at radius 2 is 2.24 bits per heavy atom. The third-order valence-corrected chi connectivity index (χ3v) is 3.06. The Morgan fingerprint density at radius 3 is 2.88 bits per heavy atom. The first kappa shape index (κ1) is 11.6. The van der Waals surface area contributed by atoms with E-state index in [-0.39, 0.29) is 11.9 Å². The summed E-state index contributed by atoms with van der Waals surface area (Å²) in [6, 6.07) is 5.22. The van der Waals surface area contributed by atoms with Crippen molar-refractivity contribution in [2.75, 3.05) is 24.3 Å². The Morgan fingerprint density at radius 1 is 1.47 bits per heavy atom. The van der Waals surface area contributed by atoms with Crippen molar-refractivity contribution in [3.8, 4) is 5.75 Å². The molecule has 1 amide bonds. The van der Waals surface area contributed by atoms with E-state index in [2.05, 4.69) is 0 Å². The van der Waals surface area contributed by atoms with E-state index in [0.29, 0.717) is 11.4 Å². The van der Waals surface area contributed by atoms with Crippen molar-refractivity contribution in [3.63, 3.8) is 0 Å². The van der Waals surface area contributed by atoms with Gasteiger partial charge in [0.05, 0.1) is 7.11 Å². The zero-order valence-electron chi connectivity index (χ0n) is 9.85. The fourth-order valence-electron chi connectivity index (χ4n) is 2.26. The number of carbonyl (C=O) groups excluding carboxylic acids is 1. The molecule has 1 saturated heterocycles. The SMILES string of the molecule is COc1cc(N)cc(N2CCCC2C(N)=O)c1. The molecule has 5 nitrogen and oxygen atoms in total. The number of rotatable bonds is 3. The highest BCUT2D eigenvalue weighted by molar-refractivity contribution is 5.84. The normalized spacial score (nSPS) is 19.4. The van der Waals surface area contributed by atoms with Gasteiger partial charge in [0.1, 0.15) is 11.8 Å². The summed E-state index contributed by atoms with van der Waals surface area (Å²) in [6.45, 7) is 0.820. The van der Waals surface area contributed by atoms with Crippen LogP contribution in [0.3, 0.4) is 0 Å². The molecular formula is C12H17N3O2. The molecule has 1 aromatic rings. The largest absolute Gasteiger partial charge is 0.497 e. The molecule has 1 atom stereocenters. The van der Waals surface area contributed by atoms with Crippen LogP contribution in [0.25, 0.3) is 0 Å². The van der Waals surface area contributed by atoms with E-state index in [4.69, 9.17) is 16.2 Å². The number of nitrogen functional groups attached to an aromatic ring is 1. The van der Waals surface area contributed by atoms with Gasteiger partial charge >= 0.3 is 0 Å². The van der Waals surface area contributed by atoms with E-state index < -0.39 is 0 Å². The Bertz CT molecular complexity index is 434. The third kappa shape index (κ3) is 2.27. The van der Waals surface area contributed by atoms with Gasteiger partial charge in [-0.1, -0.05) is 0 Å². The van der Waals surface area contributed by atoms with Crippen molar-refractivity contribution in [2.45, 2.75) is 18.9 Å². The van der Waals surface area contributed by atoms with Crippen molar-refractivity contribution in [2.24, 2.45) is 5.73 Å². The highest BCUT2D eigenvalue weighted by atomic mass is 16.5. The molecule has 5 heteroatoms. The number of primary amides is 1. The minimum Gasteiger partial charge on any atom is -0.497 e. The van der Waals surface area contributed by atoms with Crippen LogP contribution >= 0.6 is 0 Å². The van der Waals surface area contributed by atoms with Gasteiger partial charge in [0.2, 0.25) is 5.91 Å². The molecule has 2 rings (SSSR count). The molecule has 1 unspecified atom stereocenters. The maximum atomic E-state index is 11.3. The quantitative estimate of drug-likeness (QED) is 0.757. The van der Waals surface area contributed by atoms with E-state index >= 15 is 0 Å². The predicted molar refractivity (Wildman–Crippen MR) is 67.0 cm³/mol. The minimum atomic E-state index is -0.288. The lowest BCUT2D eigenvalue weighted by molar-refractivity contribution is -0.119. The molecular weight excluding hydrogens is 218 g/mol. The van der Waals surface area contributed by atoms with Crippen molar-refractivity contribution in [1.82, 2.24) is 0 Å². The van der Waals surface area contributed by atoms with E-state index in [1.807, 2.05) is 17.0 Å². The standard InChI is InChI=1S/C12H17N3O2/c1-17-10-6-8(13)5-9(7-10)15-4-2-3-11(15)12(14)16/h5-7,11H,2-4,13H2,1H3,(H2,14,16). The van der Waals surface area contributed by atoms with E-state index in [1.54, 1.807) is 13.2 Å². The molecule has 0 radical (unpaired) electrons. The third-order valence-electron chi connectivity index (χ3n) is 3.06. The molecule has 0 aromatic heterocycles. The first-order valence-electron chi connectivity index (χ1n) is 5.62. The fourth-order valence-corrected chi connectivity index (χ4v) is 2.26. The van der Waals surface area contributed by atoms with E-state index in [0.717, 1.165) is 25.1 Å². The molecule has 1 aliphatic heterocycles. The molecule has 17 heavy (non-hydrogen) atoms. The Kier molecular flexibility index (Phi) is 3.08. The average Bonchev–Trinajstić information content (AvgIpc) is 2.77. The second kappa shape index (κ2) is 4.53. The van der Waals surface area contributed by atoms with Crippen LogP contribution in [0.5, 0.6) is 5.75 Å². The molecule has 0 saturated carbocycles. The summed E-state index contributed by atoms with van der Waals surface area (Å²) < 4.78 is 5.17. The van der Waals surface area contributed by atoms with Crippen LogP contribution in [0.4, 0.5) is 11.4 Å². The predicted octanol–water partition coefficient (Wildman–Crippen LogP) is 0.731. The molecule has 1 aliphatic rings. The van der Waals surface area contributed by atoms with Gasteiger partial charge in [-0.05, 0) is 18.9 Å². The number of nitrogens with zero attached hydrogens (tertiary/aromatic N) is 1. The van der Waals surface area contributed by atoms with Gasteiger partial charge in [-0.15, -0.1) is 0 Å². The Balaban J connectivity index is 2.32. The van der Waals surface area contributed by atoms with Crippen molar-refractivity contribution >= 4 is 17.3 Å². The van der Waals surface area contributed by atoms with Crippen LogP contribution < -0.4 is 21.1 Å². The topological polar surface area (TPSA) is 81.6 Å². The molecule has 1 heterocycles. The molecule has 1 aromatic carbocycles. The van der Waals surface area contributed by atoms with Crippen LogP contribution in [0.2, 0.25) is 0 Å². The number of hydrogen-bond donors (Lipinski definition) is 2. The monoisotopic (exact) mass is 235 g/mol. The molecule has 0 aliphatic carbocycles. The van der Waals surface area contributed by atoms with Crippen LogP contribution in [-0.2, 0) is 4.79 Å². The van der Waals surface area contributed by atoms with Gasteiger partial charge in [0.25, 0.3) is 0 Å². The lowest BCUT2D eigenvalue weighted by Gasteiger charge is -2.25. The van der Waals surface area contributed by atoms with E-state index in [9.17, 15) is 4.79 Å². The zero-order valence-corrected chi connectivity index (χ0v) is 9.85. The summed E-state index contributed by atoms with van der Waals surface area (Å²) in [7, 11) is 1.59. The van der Waals surface area contributed by atoms with Crippen molar-refractivity contribution in [1.29, 1.82) is 0 Å². The van der Waals surface area contributed by atoms with Gasteiger partial charge in [-0.25, -0.2) is 0 Å². The molecule has 92 valence electrons. The molecule has 1 fully saturated rings. The summed E-state index contributed by atoms with van der Waals surface area (Å²) in [5.74, 6) is 0.402. The number of amides is 1. The van der Waals surface area contributed by atoms with Gasteiger partial charge in [-0.3, -0.25) is 4.79 Å². The lowest BCUT2D eigenvalue weighted by Crippen LogP contribution is -2.40. The summed E-state index contributed by atoms with van der Waals surface area (Å²) in [6.07, 6.45) is 1.76. The number of hydrogen-bond acceptors (Lipinski definition) is 4. The molecule has 4 N–H and O–H groups in total. The van der Waals surface area contributed by atoms with Gasteiger partial charge < -0.3 is 21.1 Å². The summed E-state index contributed by atoms with van der Waals surface area (Å²) in [5, 5.41) is 0. The lowest BCUT2D eigenvalue weighted by atomic mass is 10.2. The number of ether oxygens (including phenoxy) is 1. The fraction of sp³-hybridized carbons (Fsp3) is 0.417. The summed E-state index contributed by atoms with van der Waals surface area (Å²) in [5.41, 5.74) is 12.7. The smallest absolute Gasteiger partial charge is 0.240 e. The van der Waals surface area contributed by atoms with Gasteiger partial charge in [0, 0.05) is 30.1 Å². The summed E-state index contributed by atoms with van der Waals surface area (Å²) in [4.78, 5) is 13.3. The molecule has 0 bridgehead atoms. The highest BCUT2D eigenvalue weighted by Crippen LogP contribution is 2.30. The Labute approximate surface area is 100 Å². The highest BCUT2D eigenvalue weighted by Gasteiger charge is 2.29. The van der Waals surface area contributed by atoms with Crippen LogP contribution in [0.15, 0.2) is 18.2 Å². The van der Waals surface area contributed by atoms with Crippen molar-refractivity contribution in [3.05, 3.63) is 18.2 Å². The minimum absolute atomic E-state index is 0.235. The number of benzene rings is 1. The number of carbonyl (C=O) groups is 1. The Hall–Kier alpha value is -1.91. The summed E-state index contributed by atoms with van der Waals surface area (Å²) >= 11 is 0. The number of anilines is 2. The maximum Gasteiger partial charge on any atom is 0.240 e. The number of methoxy groups -OCH3 is 1. The molecule has 0 spiro atoms. The first-order chi connectivity index (χ1) is 8.11. The van der Waals surface area contributed by atoms with Crippen LogP contribution in [-0.4, -0.2) is 25.6 Å². The van der Waals surface area contributed by atoms with Gasteiger partial charge in [0.15, 0.2) is 0 Å².